The van der Waals surface area contributed by atoms with Gasteiger partial charge in [-0.25, -0.2) is 0 Å². The zero-order chi connectivity index (χ0) is 15.7. The van der Waals surface area contributed by atoms with Crippen molar-refractivity contribution in [1.29, 1.82) is 0 Å². The Morgan fingerprint density at radius 2 is 1.23 bits per heavy atom. The second-order valence-corrected chi connectivity index (χ2v) is 6.27. The zero-order valence-corrected chi connectivity index (χ0v) is 13.9. The lowest BCUT2D eigenvalue weighted by molar-refractivity contribution is 0.653. The molecule has 0 saturated heterocycles. The van der Waals surface area contributed by atoms with Crippen LogP contribution in [-0.2, 0) is 0 Å². The molecule has 2 aromatic rings. The molecular formula is C20H24N2. The second kappa shape index (κ2) is 5.88. The molecular weight excluding hydrogens is 268 g/mol. The number of benzene rings is 2. The summed E-state index contributed by atoms with van der Waals surface area (Å²) in [4.78, 5) is 4.64. The van der Waals surface area contributed by atoms with Gasteiger partial charge in [-0.2, -0.15) is 0 Å². The Morgan fingerprint density at radius 3 is 1.73 bits per heavy atom. The van der Waals surface area contributed by atoms with Gasteiger partial charge in [-0.15, -0.1) is 0 Å². The summed E-state index contributed by atoms with van der Waals surface area (Å²) in [7, 11) is 4.33. The van der Waals surface area contributed by atoms with E-state index in [9.17, 15) is 0 Å². The first-order valence-corrected chi connectivity index (χ1v) is 7.85. The Kier molecular flexibility index (Phi) is 3.93. The van der Waals surface area contributed by atoms with Gasteiger partial charge in [-0.05, 0) is 44.2 Å². The number of likely N-dealkylation sites (N-methyl/N-ethyl adjacent to an activating group) is 1. The molecule has 0 bridgehead atoms. The molecule has 1 aliphatic rings. The summed E-state index contributed by atoms with van der Waals surface area (Å²) >= 11 is 0. The third kappa shape index (κ3) is 2.87. The van der Waals surface area contributed by atoms with E-state index in [0.717, 1.165) is 6.42 Å². The molecule has 22 heavy (non-hydrogen) atoms. The van der Waals surface area contributed by atoms with Gasteiger partial charge < -0.3 is 9.80 Å². The van der Waals surface area contributed by atoms with Crippen molar-refractivity contribution in [2.45, 2.75) is 26.3 Å². The van der Waals surface area contributed by atoms with Crippen LogP contribution in [0.25, 0.3) is 0 Å². The monoisotopic (exact) mass is 292 g/mol. The number of hydrogen-bond donors (Lipinski definition) is 0. The van der Waals surface area contributed by atoms with Crippen LogP contribution in [0.1, 0.15) is 17.5 Å². The van der Waals surface area contributed by atoms with Gasteiger partial charge in [0, 0.05) is 37.6 Å². The molecule has 1 unspecified atom stereocenters. The molecule has 2 heteroatoms. The fraction of sp³-hybridized carbons (Fsp3) is 0.300. The van der Waals surface area contributed by atoms with Gasteiger partial charge in [0.2, 0.25) is 0 Å². The van der Waals surface area contributed by atoms with Crippen LogP contribution in [0, 0.1) is 13.8 Å². The van der Waals surface area contributed by atoms with Gasteiger partial charge in [0.05, 0.1) is 6.04 Å². The molecule has 2 nitrogen and oxygen atoms in total. The van der Waals surface area contributed by atoms with Crippen LogP contribution in [0.3, 0.4) is 0 Å². The fourth-order valence-electron chi connectivity index (χ4n) is 2.81. The normalized spacial score (nSPS) is 16.7. The van der Waals surface area contributed by atoms with E-state index in [-0.39, 0.29) is 0 Å². The van der Waals surface area contributed by atoms with E-state index in [1.807, 2.05) is 0 Å². The van der Waals surface area contributed by atoms with E-state index < -0.39 is 0 Å². The van der Waals surface area contributed by atoms with Crippen molar-refractivity contribution in [2.24, 2.45) is 0 Å². The van der Waals surface area contributed by atoms with Crippen LogP contribution in [0.2, 0.25) is 0 Å². The lowest BCUT2D eigenvalue weighted by atomic mass is 9.95. The predicted octanol–water partition coefficient (Wildman–Crippen LogP) is 4.53. The Hall–Kier alpha value is -2.22. The Morgan fingerprint density at radius 1 is 0.773 bits per heavy atom. The maximum atomic E-state index is 2.36. The summed E-state index contributed by atoms with van der Waals surface area (Å²) in [5.74, 6) is 0. The SMILES string of the molecule is Cc1ccc(N(C)C2=CC(N(C)c3ccc(C)cc3)C2)cc1. The van der Waals surface area contributed by atoms with Crippen molar-refractivity contribution in [2.75, 3.05) is 23.9 Å². The van der Waals surface area contributed by atoms with Crippen molar-refractivity contribution in [1.82, 2.24) is 0 Å². The molecule has 0 N–H and O–H groups in total. The van der Waals surface area contributed by atoms with Crippen molar-refractivity contribution in [3.8, 4) is 0 Å². The minimum atomic E-state index is 0.491. The number of anilines is 2. The highest BCUT2D eigenvalue weighted by Crippen LogP contribution is 2.32. The molecule has 0 heterocycles. The average molecular weight is 292 g/mol. The summed E-state index contributed by atoms with van der Waals surface area (Å²) in [6.07, 6.45) is 3.45. The van der Waals surface area contributed by atoms with Crippen molar-refractivity contribution in [3.63, 3.8) is 0 Å². The number of hydrogen-bond acceptors (Lipinski definition) is 2. The van der Waals surface area contributed by atoms with Crippen LogP contribution in [-0.4, -0.2) is 20.1 Å². The van der Waals surface area contributed by atoms with Crippen molar-refractivity contribution >= 4 is 11.4 Å². The van der Waals surface area contributed by atoms with Gasteiger partial charge in [0.25, 0.3) is 0 Å². The smallest absolute Gasteiger partial charge is 0.0544 e. The number of nitrogens with zero attached hydrogens (tertiary/aromatic N) is 2. The first-order valence-electron chi connectivity index (χ1n) is 7.85. The Labute approximate surface area is 133 Å². The first-order chi connectivity index (χ1) is 10.5. The number of aryl methyl sites for hydroxylation is 2. The van der Waals surface area contributed by atoms with E-state index in [1.165, 1.54) is 28.2 Å². The molecule has 114 valence electrons. The van der Waals surface area contributed by atoms with Crippen molar-refractivity contribution in [3.05, 3.63) is 71.4 Å². The summed E-state index contributed by atoms with van der Waals surface area (Å²) in [5, 5.41) is 0. The van der Waals surface area contributed by atoms with Crippen molar-refractivity contribution < 1.29 is 0 Å². The zero-order valence-electron chi connectivity index (χ0n) is 13.9. The molecule has 0 aromatic heterocycles. The minimum absolute atomic E-state index is 0.491. The maximum absolute atomic E-state index is 2.36. The minimum Gasteiger partial charge on any atom is -0.368 e. The molecule has 0 aliphatic heterocycles. The third-order valence-electron chi connectivity index (χ3n) is 4.59. The van der Waals surface area contributed by atoms with E-state index in [4.69, 9.17) is 0 Å². The fourth-order valence-corrected chi connectivity index (χ4v) is 2.81. The standard InChI is InChI=1S/C20H24N2/c1-15-5-9-17(10-6-15)21(3)19-13-20(14-19)22(4)18-11-7-16(2)8-12-18/h5-13,19H,14H2,1-4H3. The van der Waals surface area contributed by atoms with Gasteiger partial charge in [-0.1, -0.05) is 35.4 Å². The van der Waals surface area contributed by atoms with E-state index in [1.54, 1.807) is 0 Å². The highest BCUT2D eigenvalue weighted by Gasteiger charge is 2.26. The molecule has 0 saturated carbocycles. The summed E-state index contributed by atoms with van der Waals surface area (Å²) < 4.78 is 0. The highest BCUT2D eigenvalue weighted by molar-refractivity contribution is 5.57. The topological polar surface area (TPSA) is 6.48 Å². The Bertz CT molecular complexity index is 668. The Balaban J connectivity index is 1.68. The molecule has 0 fully saturated rings. The third-order valence-corrected chi connectivity index (χ3v) is 4.59. The summed E-state index contributed by atoms with van der Waals surface area (Å²) in [6.45, 7) is 4.25. The first kappa shape index (κ1) is 14.7. The quantitative estimate of drug-likeness (QED) is 0.816. The van der Waals surface area contributed by atoms with Gasteiger partial charge >= 0.3 is 0 Å². The molecule has 1 aliphatic carbocycles. The van der Waals surface area contributed by atoms with Crippen LogP contribution in [0.4, 0.5) is 11.4 Å². The average Bonchev–Trinajstić information content (AvgIpc) is 2.47. The van der Waals surface area contributed by atoms with E-state index >= 15 is 0 Å². The molecule has 0 radical (unpaired) electrons. The summed E-state index contributed by atoms with van der Waals surface area (Å²) in [5.41, 5.74) is 6.54. The van der Waals surface area contributed by atoms with E-state index in [2.05, 4.69) is 92.3 Å². The van der Waals surface area contributed by atoms with Gasteiger partial charge in [0.1, 0.15) is 0 Å². The summed E-state index contributed by atoms with van der Waals surface area (Å²) in [6, 6.07) is 17.9. The largest absolute Gasteiger partial charge is 0.368 e. The number of rotatable bonds is 4. The highest BCUT2D eigenvalue weighted by atomic mass is 15.2. The maximum Gasteiger partial charge on any atom is 0.0544 e. The van der Waals surface area contributed by atoms with Crippen LogP contribution in [0.15, 0.2) is 60.3 Å². The lowest BCUT2D eigenvalue weighted by Gasteiger charge is -2.39. The molecule has 2 aromatic carbocycles. The van der Waals surface area contributed by atoms with Crippen LogP contribution >= 0.6 is 0 Å². The molecule has 0 spiro atoms. The van der Waals surface area contributed by atoms with Crippen LogP contribution in [0.5, 0.6) is 0 Å². The molecule has 3 rings (SSSR count). The van der Waals surface area contributed by atoms with Gasteiger partial charge in [-0.3, -0.25) is 0 Å². The predicted molar refractivity (Wildman–Crippen MR) is 95.7 cm³/mol. The lowest BCUT2D eigenvalue weighted by Crippen LogP contribution is -2.39. The van der Waals surface area contributed by atoms with Gasteiger partial charge in [0.15, 0.2) is 0 Å². The molecule has 0 amide bonds. The second-order valence-electron chi connectivity index (χ2n) is 6.27. The van der Waals surface area contributed by atoms with Crippen LogP contribution < -0.4 is 9.80 Å². The molecule has 1 atom stereocenters. The van der Waals surface area contributed by atoms with E-state index in [0.29, 0.717) is 6.04 Å².